The number of ether oxygens (including phenoxy) is 2. The number of hydrogen-bond donors (Lipinski definition) is 0. The van der Waals surface area contributed by atoms with Crippen molar-refractivity contribution in [2.45, 2.75) is 31.8 Å². The molecular formula is C21H23N5O4. The van der Waals surface area contributed by atoms with Crippen molar-refractivity contribution in [3.63, 3.8) is 0 Å². The number of carbonyl (C=O) groups excluding carboxylic acids is 1. The van der Waals surface area contributed by atoms with Gasteiger partial charge in [0.25, 0.3) is 11.8 Å². The highest BCUT2D eigenvalue weighted by Crippen LogP contribution is 2.27. The molecule has 0 saturated carbocycles. The quantitative estimate of drug-likeness (QED) is 0.612. The van der Waals surface area contributed by atoms with Crippen LogP contribution in [0.3, 0.4) is 0 Å². The number of benzene rings is 1. The number of carbonyl (C=O) groups is 1. The molecule has 0 bridgehead atoms. The van der Waals surface area contributed by atoms with E-state index in [9.17, 15) is 4.79 Å². The van der Waals surface area contributed by atoms with Crippen LogP contribution in [0.5, 0.6) is 11.5 Å². The average molecular weight is 409 g/mol. The van der Waals surface area contributed by atoms with Gasteiger partial charge in [0.05, 0.1) is 13.3 Å². The van der Waals surface area contributed by atoms with Crippen LogP contribution in [0.1, 0.15) is 31.5 Å². The van der Waals surface area contributed by atoms with E-state index in [0.29, 0.717) is 42.0 Å². The number of aromatic nitrogens is 4. The zero-order valence-corrected chi connectivity index (χ0v) is 16.9. The van der Waals surface area contributed by atoms with Crippen molar-refractivity contribution in [3.05, 3.63) is 48.7 Å². The first-order valence-electron chi connectivity index (χ1n) is 9.83. The Labute approximate surface area is 174 Å². The van der Waals surface area contributed by atoms with E-state index in [1.165, 1.54) is 0 Å². The zero-order chi connectivity index (χ0) is 20.9. The topological polar surface area (TPSA) is 103 Å². The normalized spacial score (nSPS) is 17.4. The van der Waals surface area contributed by atoms with Crippen LogP contribution >= 0.6 is 0 Å². The van der Waals surface area contributed by atoms with Gasteiger partial charge in [0, 0.05) is 37.5 Å². The maximum Gasteiger partial charge on any atom is 0.278 e. The minimum Gasteiger partial charge on any atom is -0.497 e. The molecular weight excluding hydrogens is 386 g/mol. The average Bonchev–Trinajstić information content (AvgIpc) is 3.30. The van der Waals surface area contributed by atoms with E-state index in [1.807, 2.05) is 12.1 Å². The van der Waals surface area contributed by atoms with Gasteiger partial charge in [0.2, 0.25) is 0 Å². The van der Waals surface area contributed by atoms with Gasteiger partial charge in [-0.2, -0.15) is 4.98 Å². The number of likely N-dealkylation sites (tertiary alicyclic amines) is 1. The lowest BCUT2D eigenvalue weighted by Crippen LogP contribution is -2.45. The Morgan fingerprint density at radius 2 is 2.17 bits per heavy atom. The lowest BCUT2D eigenvalue weighted by atomic mass is 9.97. The molecule has 1 aliphatic rings. The highest BCUT2D eigenvalue weighted by atomic mass is 16.5. The van der Waals surface area contributed by atoms with Crippen LogP contribution in [0.25, 0.3) is 11.6 Å². The van der Waals surface area contributed by atoms with Gasteiger partial charge < -0.3 is 18.9 Å². The Morgan fingerprint density at radius 1 is 1.30 bits per heavy atom. The first-order chi connectivity index (χ1) is 14.6. The van der Waals surface area contributed by atoms with Crippen molar-refractivity contribution >= 4 is 5.91 Å². The van der Waals surface area contributed by atoms with Crippen LogP contribution in [0.4, 0.5) is 0 Å². The third kappa shape index (κ3) is 4.40. The predicted octanol–water partition coefficient (Wildman–Crippen LogP) is 2.71. The summed E-state index contributed by atoms with van der Waals surface area (Å²) in [5.41, 5.74) is 0.528. The van der Waals surface area contributed by atoms with Crippen LogP contribution in [-0.2, 0) is 4.79 Å². The highest BCUT2D eigenvalue weighted by molar-refractivity contribution is 5.81. The van der Waals surface area contributed by atoms with Crippen LogP contribution in [0, 0.1) is 0 Å². The molecule has 2 atom stereocenters. The van der Waals surface area contributed by atoms with Crippen molar-refractivity contribution < 1.29 is 18.8 Å². The SMILES string of the molecule is COc1cccc(OC(C)C(=O)N2CCCC(c3noc(-c4cnccn4)n3)C2)c1. The minimum atomic E-state index is -0.615. The molecule has 4 rings (SSSR count). The van der Waals surface area contributed by atoms with Crippen LogP contribution in [-0.4, -0.2) is 57.2 Å². The smallest absolute Gasteiger partial charge is 0.278 e. The molecule has 1 aliphatic heterocycles. The Bertz CT molecular complexity index is 994. The molecule has 1 amide bonds. The predicted molar refractivity (Wildman–Crippen MR) is 107 cm³/mol. The maximum absolute atomic E-state index is 12.9. The molecule has 1 saturated heterocycles. The van der Waals surface area contributed by atoms with Crippen molar-refractivity contribution in [1.29, 1.82) is 0 Å². The Hall–Kier alpha value is -3.49. The standard InChI is InChI=1S/C21H23N5O4/c1-14(29-17-7-3-6-16(11-17)28-2)21(27)26-10-4-5-15(13-26)19-24-20(30-25-19)18-12-22-8-9-23-18/h3,6-9,11-12,14-15H,4-5,10,13H2,1-2H3. The molecule has 1 fully saturated rings. The fraction of sp³-hybridized carbons (Fsp3) is 0.381. The number of nitrogens with zero attached hydrogens (tertiary/aromatic N) is 5. The number of hydrogen-bond acceptors (Lipinski definition) is 8. The van der Waals surface area contributed by atoms with Gasteiger partial charge >= 0.3 is 0 Å². The molecule has 0 N–H and O–H groups in total. The molecule has 3 aromatic rings. The first kappa shape index (κ1) is 19.8. The first-order valence-corrected chi connectivity index (χ1v) is 9.83. The molecule has 2 unspecified atom stereocenters. The highest BCUT2D eigenvalue weighted by Gasteiger charge is 2.31. The van der Waals surface area contributed by atoms with Gasteiger partial charge in [-0.1, -0.05) is 11.2 Å². The number of methoxy groups -OCH3 is 1. The van der Waals surface area contributed by atoms with Crippen molar-refractivity contribution in [3.8, 4) is 23.1 Å². The van der Waals surface area contributed by atoms with Crippen molar-refractivity contribution in [2.75, 3.05) is 20.2 Å². The summed E-state index contributed by atoms with van der Waals surface area (Å²) in [7, 11) is 1.59. The number of rotatable bonds is 6. The zero-order valence-electron chi connectivity index (χ0n) is 16.9. The van der Waals surface area contributed by atoms with E-state index in [1.54, 1.807) is 49.7 Å². The van der Waals surface area contributed by atoms with E-state index >= 15 is 0 Å². The molecule has 0 spiro atoms. The van der Waals surface area contributed by atoms with Gasteiger partial charge in [0.15, 0.2) is 11.9 Å². The van der Waals surface area contributed by atoms with E-state index in [-0.39, 0.29) is 11.8 Å². The Morgan fingerprint density at radius 3 is 2.97 bits per heavy atom. The third-order valence-electron chi connectivity index (χ3n) is 5.02. The molecule has 0 aliphatic carbocycles. The molecule has 1 aromatic carbocycles. The lowest BCUT2D eigenvalue weighted by molar-refractivity contribution is -0.139. The number of amides is 1. The van der Waals surface area contributed by atoms with E-state index in [4.69, 9.17) is 14.0 Å². The van der Waals surface area contributed by atoms with Crippen LogP contribution in [0.15, 0.2) is 47.4 Å². The second-order valence-corrected chi connectivity index (χ2v) is 7.11. The molecule has 9 heteroatoms. The van der Waals surface area contributed by atoms with E-state index < -0.39 is 6.10 Å². The van der Waals surface area contributed by atoms with Crippen LogP contribution in [0.2, 0.25) is 0 Å². The van der Waals surface area contributed by atoms with Crippen molar-refractivity contribution in [1.82, 2.24) is 25.0 Å². The molecule has 3 heterocycles. The summed E-state index contributed by atoms with van der Waals surface area (Å²) in [6, 6.07) is 7.22. The van der Waals surface area contributed by atoms with Gasteiger partial charge in [-0.3, -0.25) is 9.78 Å². The van der Waals surface area contributed by atoms with E-state index in [0.717, 1.165) is 12.8 Å². The largest absolute Gasteiger partial charge is 0.497 e. The van der Waals surface area contributed by atoms with Crippen molar-refractivity contribution in [2.24, 2.45) is 0 Å². The van der Waals surface area contributed by atoms with Crippen LogP contribution < -0.4 is 9.47 Å². The fourth-order valence-corrected chi connectivity index (χ4v) is 3.49. The minimum absolute atomic E-state index is 0.000825. The van der Waals surface area contributed by atoms with E-state index in [2.05, 4.69) is 20.1 Å². The summed E-state index contributed by atoms with van der Waals surface area (Å²) in [4.78, 5) is 27.4. The second kappa shape index (κ2) is 8.89. The van der Waals surface area contributed by atoms with Gasteiger partial charge in [-0.15, -0.1) is 0 Å². The lowest BCUT2D eigenvalue weighted by Gasteiger charge is -2.33. The van der Waals surface area contributed by atoms with Gasteiger partial charge in [-0.05, 0) is 31.9 Å². The van der Waals surface area contributed by atoms with Gasteiger partial charge in [0.1, 0.15) is 17.2 Å². The summed E-state index contributed by atoms with van der Waals surface area (Å²) in [6.07, 6.45) is 5.86. The number of piperidine rings is 1. The molecule has 0 radical (unpaired) electrons. The summed E-state index contributed by atoms with van der Waals surface area (Å²) in [5.74, 6) is 2.11. The maximum atomic E-state index is 12.9. The summed E-state index contributed by atoms with van der Waals surface area (Å²) in [5, 5.41) is 4.10. The summed E-state index contributed by atoms with van der Waals surface area (Å²) < 4.78 is 16.4. The molecule has 30 heavy (non-hydrogen) atoms. The second-order valence-electron chi connectivity index (χ2n) is 7.11. The van der Waals surface area contributed by atoms with Gasteiger partial charge in [-0.25, -0.2) is 4.98 Å². The molecule has 9 nitrogen and oxygen atoms in total. The Kier molecular flexibility index (Phi) is 5.87. The summed E-state index contributed by atoms with van der Waals surface area (Å²) in [6.45, 7) is 2.95. The Balaban J connectivity index is 1.41. The monoisotopic (exact) mass is 409 g/mol. The molecule has 156 valence electrons. The summed E-state index contributed by atoms with van der Waals surface area (Å²) >= 11 is 0. The third-order valence-corrected chi connectivity index (χ3v) is 5.02. The fourth-order valence-electron chi connectivity index (χ4n) is 3.49. The molecule has 2 aromatic heterocycles.